The van der Waals surface area contributed by atoms with Gasteiger partial charge in [0.15, 0.2) is 0 Å². The zero-order chi connectivity index (χ0) is 9.40. The van der Waals surface area contributed by atoms with Gasteiger partial charge in [0.05, 0.1) is 0 Å². The fourth-order valence-corrected chi connectivity index (χ4v) is 0.563. The Morgan fingerprint density at radius 1 is 1.08 bits per heavy atom. The lowest BCUT2D eigenvalue weighted by molar-refractivity contribution is 0.471. The highest BCUT2D eigenvalue weighted by molar-refractivity contribution is 5.29. The van der Waals surface area contributed by atoms with Crippen molar-refractivity contribution in [1.29, 1.82) is 0 Å². The van der Waals surface area contributed by atoms with Gasteiger partial charge >= 0.3 is 0 Å². The molecule has 1 rings (SSSR count). The van der Waals surface area contributed by atoms with Crippen LogP contribution in [-0.2, 0) is 0 Å². The number of rotatable bonds is 1. The van der Waals surface area contributed by atoms with E-state index in [2.05, 4.69) is 13.8 Å². The van der Waals surface area contributed by atoms with E-state index in [1.54, 1.807) is 6.07 Å². The predicted molar refractivity (Wildman–Crippen MR) is 53.4 cm³/mol. The summed E-state index contributed by atoms with van der Waals surface area (Å²) in [6.07, 6.45) is 2.64. The van der Waals surface area contributed by atoms with E-state index in [9.17, 15) is 0 Å². The summed E-state index contributed by atoms with van der Waals surface area (Å²) in [4.78, 5) is 0. The maximum absolute atomic E-state index is 8.92. The van der Waals surface area contributed by atoms with Crippen LogP contribution in [0.4, 0.5) is 0 Å². The van der Waals surface area contributed by atoms with Crippen LogP contribution in [0.15, 0.2) is 24.3 Å². The third-order valence-corrected chi connectivity index (χ3v) is 1.62. The summed E-state index contributed by atoms with van der Waals surface area (Å²) in [5.74, 6) is 0.368. The first-order chi connectivity index (χ1) is 5.72. The van der Waals surface area contributed by atoms with E-state index in [4.69, 9.17) is 5.11 Å². The van der Waals surface area contributed by atoms with Gasteiger partial charge in [0.25, 0.3) is 0 Å². The van der Waals surface area contributed by atoms with Crippen LogP contribution in [0.3, 0.4) is 0 Å². The zero-order valence-corrected chi connectivity index (χ0v) is 8.17. The standard InChI is InChI=1S/C7H8O.C4H10/c1-6-4-2-3-5-7(6)8;1-3-4-2/h2-5,8H,1H3;3-4H2,1-2H3. The van der Waals surface area contributed by atoms with Gasteiger partial charge in [-0.25, -0.2) is 0 Å². The second-order valence-corrected chi connectivity index (χ2v) is 2.79. The lowest BCUT2D eigenvalue weighted by Gasteiger charge is -1.92. The van der Waals surface area contributed by atoms with Crippen LogP contribution in [0.5, 0.6) is 5.75 Å². The lowest BCUT2D eigenvalue weighted by Crippen LogP contribution is -1.68. The van der Waals surface area contributed by atoms with E-state index in [0.29, 0.717) is 5.75 Å². The first-order valence-corrected chi connectivity index (χ1v) is 4.47. The summed E-state index contributed by atoms with van der Waals surface area (Å²) in [5, 5.41) is 8.92. The normalized spacial score (nSPS) is 8.58. The smallest absolute Gasteiger partial charge is 0.118 e. The number of unbranched alkanes of at least 4 members (excludes halogenated alkanes) is 1. The molecule has 1 nitrogen and oxygen atoms in total. The molecule has 0 radical (unpaired) electrons. The number of hydrogen-bond donors (Lipinski definition) is 1. The molecule has 0 aromatic heterocycles. The number of para-hydroxylation sites is 1. The third kappa shape index (κ3) is 4.78. The van der Waals surface area contributed by atoms with Gasteiger partial charge in [-0.2, -0.15) is 0 Å². The molecule has 0 saturated heterocycles. The average molecular weight is 166 g/mol. The fraction of sp³-hybridized carbons (Fsp3) is 0.455. The highest BCUT2D eigenvalue weighted by Crippen LogP contribution is 2.12. The molecule has 0 aliphatic rings. The molecule has 0 saturated carbocycles. The lowest BCUT2D eigenvalue weighted by atomic mass is 10.2. The Labute approximate surface area is 75.1 Å². The molecule has 68 valence electrons. The molecular formula is C11H18O. The van der Waals surface area contributed by atoms with Crippen molar-refractivity contribution < 1.29 is 5.11 Å². The summed E-state index contributed by atoms with van der Waals surface area (Å²) in [5.41, 5.74) is 0.924. The topological polar surface area (TPSA) is 20.2 Å². The van der Waals surface area contributed by atoms with Crippen molar-refractivity contribution in [1.82, 2.24) is 0 Å². The Kier molecular flexibility index (Phi) is 6.16. The largest absolute Gasteiger partial charge is 0.508 e. The highest BCUT2D eigenvalue weighted by Gasteiger charge is 1.86. The SMILES string of the molecule is CCCC.Cc1ccccc1O. The summed E-state index contributed by atoms with van der Waals surface area (Å²) >= 11 is 0. The van der Waals surface area contributed by atoms with E-state index < -0.39 is 0 Å². The van der Waals surface area contributed by atoms with Gasteiger partial charge in [-0.3, -0.25) is 0 Å². The molecule has 1 aromatic carbocycles. The highest BCUT2D eigenvalue weighted by atomic mass is 16.3. The predicted octanol–water partition coefficient (Wildman–Crippen LogP) is 3.51. The van der Waals surface area contributed by atoms with Crippen molar-refractivity contribution in [2.75, 3.05) is 0 Å². The number of phenolic OH excluding ortho intramolecular Hbond substituents is 1. The Morgan fingerprint density at radius 3 is 1.83 bits per heavy atom. The Hall–Kier alpha value is -0.980. The molecule has 0 fully saturated rings. The molecule has 0 heterocycles. The van der Waals surface area contributed by atoms with Crippen molar-refractivity contribution in [3.05, 3.63) is 29.8 Å². The fourth-order valence-electron chi connectivity index (χ4n) is 0.563. The number of hydrogen-bond acceptors (Lipinski definition) is 1. The van der Waals surface area contributed by atoms with Gasteiger partial charge in [-0.05, 0) is 18.6 Å². The van der Waals surface area contributed by atoms with Crippen molar-refractivity contribution in [3.63, 3.8) is 0 Å². The molecule has 0 unspecified atom stereocenters. The molecule has 0 aliphatic heterocycles. The van der Waals surface area contributed by atoms with Gasteiger partial charge < -0.3 is 5.11 Å². The Balaban J connectivity index is 0.000000261. The Morgan fingerprint density at radius 2 is 1.58 bits per heavy atom. The molecule has 12 heavy (non-hydrogen) atoms. The summed E-state index contributed by atoms with van der Waals surface area (Å²) < 4.78 is 0. The summed E-state index contributed by atoms with van der Waals surface area (Å²) in [6.45, 7) is 6.23. The number of aryl methyl sites for hydroxylation is 1. The maximum atomic E-state index is 8.92. The molecule has 0 amide bonds. The molecule has 0 aliphatic carbocycles. The minimum absolute atomic E-state index is 0.368. The van der Waals surface area contributed by atoms with Crippen LogP contribution >= 0.6 is 0 Å². The number of benzene rings is 1. The van der Waals surface area contributed by atoms with E-state index in [1.807, 2.05) is 25.1 Å². The van der Waals surface area contributed by atoms with Crippen molar-refractivity contribution >= 4 is 0 Å². The minimum atomic E-state index is 0.368. The van der Waals surface area contributed by atoms with E-state index in [-0.39, 0.29) is 0 Å². The van der Waals surface area contributed by atoms with Crippen LogP contribution in [-0.4, -0.2) is 5.11 Å². The molecule has 1 N–H and O–H groups in total. The molecule has 1 heteroatoms. The quantitative estimate of drug-likeness (QED) is 0.677. The van der Waals surface area contributed by atoms with E-state index >= 15 is 0 Å². The second kappa shape index (κ2) is 6.71. The maximum Gasteiger partial charge on any atom is 0.118 e. The van der Waals surface area contributed by atoms with Gasteiger partial charge in [0.2, 0.25) is 0 Å². The molecule has 0 spiro atoms. The number of phenols is 1. The molecule has 0 bridgehead atoms. The van der Waals surface area contributed by atoms with Gasteiger partial charge in [0.1, 0.15) is 5.75 Å². The van der Waals surface area contributed by atoms with Crippen LogP contribution in [0.2, 0.25) is 0 Å². The molecule has 1 aromatic rings. The first-order valence-electron chi connectivity index (χ1n) is 4.47. The molecular weight excluding hydrogens is 148 g/mol. The van der Waals surface area contributed by atoms with Crippen molar-refractivity contribution in [2.45, 2.75) is 33.6 Å². The summed E-state index contributed by atoms with van der Waals surface area (Å²) in [6, 6.07) is 7.25. The van der Waals surface area contributed by atoms with E-state index in [1.165, 1.54) is 12.8 Å². The van der Waals surface area contributed by atoms with Crippen molar-refractivity contribution in [2.24, 2.45) is 0 Å². The van der Waals surface area contributed by atoms with Crippen LogP contribution in [0.25, 0.3) is 0 Å². The Bertz CT molecular complexity index is 183. The van der Waals surface area contributed by atoms with Crippen LogP contribution in [0, 0.1) is 6.92 Å². The van der Waals surface area contributed by atoms with Gasteiger partial charge in [0, 0.05) is 0 Å². The average Bonchev–Trinajstić information content (AvgIpc) is 2.11. The third-order valence-electron chi connectivity index (χ3n) is 1.62. The van der Waals surface area contributed by atoms with Crippen LogP contribution in [0.1, 0.15) is 32.3 Å². The second-order valence-electron chi connectivity index (χ2n) is 2.79. The minimum Gasteiger partial charge on any atom is -0.508 e. The van der Waals surface area contributed by atoms with Crippen LogP contribution < -0.4 is 0 Å². The summed E-state index contributed by atoms with van der Waals surface area (Å²) in [7, 11) is 0. The van der Waals surface area contributed by atoms with E-state index in [0.717, 1.165) is 5.56 Å². The van der Waals surface area contributed by atoms with Gasteiger partial charge in [-0.15, -0.1) is 0 Å². The first kappa shape index (κ1) is 11.0. The zero-order valence-electron chi connectivity index (χ0n) is 8.17. The van der Waals surface area contributed by atoms with Gasteiger partial charge in [-0.1, -0.05) is 44.9 Å². The number of aromatic hydroxyl groups is 1. The monoisotopic (exact) mass is 166 g/mol. The molecule has 0 atom stereocenters. The van der Waals surface area contributed by atoms with Crippen molar-refractivity contribution in [3.8, 4) is 5.75 Å².